The fourth-order valence-corrected chi connectivity index (χ4v) is 2.50. The summed E-state index contributed by atoms with van der Waals surface area (Å²) in [5, 5.41) is 0. The molecule has 1 aliphatic rings. The van der Waals surface area contributed by atoms with Gasteiger partial charge in [0.15, 0.2) is 0 Å². The molecule has 0 aromatic carbocycles. The van der Waals surface area contributed by atoms with Crippen LogP contribution in [0.5, 0.6) is 0 Å². The molecule has 1 heterocycles. The lowest BCUT2D eigenvalue weighted by Gasteiger charge is -1.85. The second-order valence-corrected chi connectivity index (χ2v) is 3.87. The van der Waals surface area contributed by atoms with Gasteiger partial charge in [-0.15, -0.1) is 0 Å². The largest absolute Gasteiger partial charge is 0.268 e. The van der Waals surface area contributed by atoms with E-state index in [4.69, 9.17) is 0 Å². The van der Waals surface area contributed by atoms with Gasteiger partial charge in [0.25, 0.3) is 5.56 Å². The van der Waals surface area contributed by atoms with Crippen LogP contribution in [0.2, 0.25) is 0 Å². The summed E-state index contributed by atoms with van der Waals surface area (Å²) in [4.78, 5) is 12.5. The van der Waals surface area contributed by atoms with Gasteiger partial charge in [-0.1, -0.05) is 11.5 Å². The van der Waals surface area contributed by atoms with Crippen molar-refractivity contribution in [3.63, 3.8) is 0 Å². The average Bonchev–Trinajstić information content (AvgIpc) is 2.41. The molecule has 10 heavy (non-hydrogen) atoms. The van der Waals surface area contributed by atoms with Gasteiger partial charge in [0.2, 0.25) is 0 Å². The molecule has 1 aromatic heterocycles. The van der Waals surface area contributed by atoms with Crippen molar-refractivity contribution >= 4 is 11.5 Å². The Kier molecular flexibility index (Phi) is 1.20. The number of nitrogens with zero attached hydrogens (tertiary/aromatic N) is 1. The molecule has 0 amide bonds. The Bertz CT molecular complexity index is 310. The van der Waals surface area contributed by atoms with Gasteiger partial charge in [0.1, 0.15) is 0 Å². The summed E-state index contributed by atoms with van der Waals surface area (Å²) in [6.45, 7) is 0. The highest BCUT2D eigenvalue weighted by molar-refractivity contribution is 7.06. The molecule has 1 aromatic rings. The minimum absolute atomic E-state index is 0.234. The van der Waals surface area contributed by atoms with E-state index >= 15 is 0 Å². The van der Waals surface area contributed by atoms with Gasteiger partial charge < -0.3 is 0 Å². The Morgan fingerprint density at radius 1 is 1.50 bits per heavy atom. The van der Waals surface area contributed by atoms with Crippen LogP contribution in [0.25, 0.3) is 0 Å². The zero-order chi connectivity index (χ0) is 7.14. The summed E-state index contributed by atoms with van der Waals surface area (Å²) in [6, 6.07) is 0. The lowest BCUT2D eigenvalue weighted by Crippen LogP contribution is -2.11. The third-order valence-electron chi connectivity index (χ3n) is 1.96. The highest BCUT2D eigenvalue weighted by Crippen LogP contribution is 2.22. The van der Waals surface area contributed by atoms with E-state index in [9.17, 15) is 4.79 Å². The molecule has 0 N–H and O–H groups in total. The van der Waals surface area contributed by atoms with Crippen molar-refractivity contribution in [2.45, 2.75) is 19.3 Å². The first kappa shape index (κ1) is 6.16. The van der Waals surface area contributed by atoms with Crippen molar-refractivity contribution in [2.24, 2.45) is 7.05 Å². The van der Waals surface area contributed by atoms with E-state index in [1.54, 1.807) is 15.5 Å². The zero-order valence-electron chi connectivity index (χ0n) is 5.89. The normalized spacial score (nSPS) is 15.7. The third kappa shape index (κ3) is 0.669. The van der Waals surface area contributed by atoms with Crippen molar-refractivity contribution in [3.8, 4) is 0 Å². The van der Waals surface area contributed by atoms with Gasteiger partial charge in [0, 0.05) is 17.5 Å². The third-order valence-corrected chi connectivity index (χ3v) is 3.07. The van der Waals surface area contributed by atoms with Crippen molar-refractivity contribution in [1.82, 2.24) is 3.96 Å². The maximum atomic E-state index is 11.2. The van der Waals surface area contributed by atoms with Gasteiger partial charge >= 0.3 is 0 Å². The van der Waals surface area contributed by atoms with E-state index in [1.807, 2.05) is 7.05 Å². The molecule has 0 fully saturated rings. The Labute approximate surface area is 63.3 Å². The lowest BCUT2D eigenvalue weighted by atomic mass is 10.3. The quantitative estimate of drug-likeness (QED) is 0.546. The fraction of sp³-hybridized carbons (Fsp3) is 0.571. The Hall–Kier alpha value is -0.570. The SMILES string of the molecule is Cn1sc2c(c1=O)CCC2. The van der Waals surface area contributed by atoms with Crippen LogP contribution in [0.15, 0.2) is 4.79 Å². The summed E-state index contributed by atoms with van der Waals surface area (Å²) in [5.74, 6) is 0. The van der Waals surface area contributed by atoms with Crippen LogP contribution in [0.1, 0.15) is 16.9 Å². The van der Waals surface area contributed by atoms with E-state index in [-0.39, 0.29) is 5.56 Å². The van der Waals surface area contributed by atoms with Crippen LogP contribution >= 0.6 is 11.5 Å². The molecule has 0 saturated heterocycles. The molecule has 0 unspecified atom stereocenters. The number of hydrogen-bond acceptors (Lipinski definition) is 2. The van der Waals surface area contributed by atoms with Gasteiger partial charge in [-0.25, -0.2) is 0 Å². The lowest BCUT2D eigenvalue weighted by molar-refractivity contribution is 0.882. The number of aromatic nitrogens is 1. The topological polar surface area (TPSA) is 22.0 Å². The van der Waals surface area contributed by atoms with Crippen molar-refractivity contribution in [3.05, 3.63) is 20.8 Å². The summed E-state index contributed by atoms with van der Waals surface area (Å²) in [7, 11) is 1.84. The summed E-state index contributed by atoms with van der Waals surface area (Å²) in [6.07, 6.45) is 3.30. The van der Waals surface area contributed by atoms with E-state index in [0.717, 1.165) is 18.4 Å². The number of aryl methyl sites for hydroxylation is 2. The fourth-order valence-electron chi connectivity index (χ4n) is 1.44. The van der Waals surface area contributed by atoms with Crippen LogP contribution in [0.3, 0.4) is 0 Å². The highest BCUT2D eigenvalue weighted by atomic mass is 32.1. The molecule has 0 atom stereocenters. The first-order chi connectivity index (χ1) is 4.79. The van der Waals surface area contributed by atoms with E-state index in [1.165, 1.54) is 11.3 Å². The molecule has 0 spiro atoms. The molecule has 0 bridgehead atoms. The molecule has 2 nitrogen and oxygen atoms in total. The highest BCUT2D eigenvalue weighted by Gasteiger charge is 2.17. The zero-order valence-corrected chi connectivity index (χ0v) is 6.70. The molecule has 0 aliphatic heterocycles. The van der Waals surface area contributed by atoms with Gasteiger partial charge in [0.05, 0.1) is 0 Å². The molecular weight excluding hydrogens is 146 g/mol. The number of hydrogen-bond donors (Lipinski definition) is 0. The standard InChI is InChI=1S/C7H9NOS/c1-8-7(9)5-3-2-4-6(5)10-8/h2-4H2,1H3. The molecular formula is C7H9NOS. The minimum atomic E-state index is 0.234. The first-order valence-corrected chi connectivity index (χ1v) is 4.24. The Balaban J connectivity index is 2.71. The van der Waals surface area contributed by atoms with Crippen LogP contribution < -0.4 is 5.56 Å². The Morgan fingerprint density at radius 2 is 2.30 bits per heavy atom. The van der Waals surface area contributed by atoms with Crippen molar-refractivity contribution in [1.29, 1.82) is 0 Å². The predicted molar refractivity (Wildman–Crippen MR) is 41.6 cm³/mol. The van der Waals surface area contributed by atoms with E-state index in [0.29, 0.717) is 0 Å². The number of fused-ring (bicyclic) bond motifs is 1. The van der Waals surface area contributed by atoms with Gasteiger partial charge in [-0.2, -0.15) is 0 Å². The first-order valence-electron chi connectivity index (χ1n) is 3.47. The average molecular weight is 155 g/mol. The molecule has 54 valence electrons. The maximum absolute atomic E-state index is 11.2. The maximum Gasteiger partial charge on any atom is 0.263 e. The minimum Gasteiger partial charge on any atom is -0.268 e. The molecule has 1 aliphatic carbocycles. The summed E-state index contributed by atoms with van der Waals surface area (Å²) in [5.41, 5.74) is 1.31. The van der Waals surface area contributed by atoms with Crippen LogP contribution in [0.4, 0.5) is 0 Å². The Morgan fingerprint density at radius 3 is 3.00 bits per heavy atom. The van der Waals surface area contributed by atoms with E-state index in [2.05, 4.69) is 0 Å². The molecule has 3 heteroatoms. The molecule has 0 radical (unpaired) electrons. The predicted octanol–water partition coefficient (Wildman–Crippen LogP) is 0.935. The monoisotopic (exact) mass is 155 g/mol. The van der Waals surface area contributed by atoms with Crippen LogP contribution in [-0.4, -0.2) is 3.96 Å². The molecule has 0 saturated carbocycles. The van der Waals surface area contributed by atoms with Gasteiger partial charge in [-0.3, -0.25) is 8.75 Å². The summed E-state index contributed by atoms with van der Waals surface area (Å²) >= 11 is 1.61. The smallest absolute Gasteiger partial charge is 0.263 e. The van der Waals surface area contributed by atoms with Crippen molar-refractivity contribution in [2.75, 3.05) is 0 Å². The van der Waals surface area contributed by atoms with Crippen LogP contribution in [0, 0.1) is 0 Å². The molecule has 2 rings (SSSR count). The van der Waals surface area contributed by atoms with Gasteiger partial charge in [-0.05, 0) is 19.3 Å². The van der Waals surface area contributed by atoms with Crippen LogP contribution in [-0.2, 0) is 19.9 Å². The van der Waals surface area contributed by atoms with E-state index < -0.39 is 0 Å². The summed E-state index contributed by atoms with van der Waals surface area (Å²) < 4.78 is 1.73. The second kappa shape index (κ2) is 1.95. The number of rotatable bonds is 0. The van der Waals surface area contributed by atoms with Crippen molar-refractivity contribution < 1.29 is 0 Å². The second-order valence-electron chi connectivity index (χ2n) is 2.65.